The van der Waals surface area contributed by atoms with Crippen LogP contribution in [-0.2, 0) is 6.54 Å². The molecule has 0 radical (unpaired) electrons. The average molecular weight is 373 g/mol. The highest BCUT2D eigenvalue weighted by molar-refractivity contribution is 7.99. The molecule has 0 aliphatic heterocycles. The maximum atomic E-state index is 5.88. The Kier molecular flexibility index (Phi) is 4.55. The maximum absolute atomic E-state index is 5.88. The smallest absolute Gasteiger partial charge is 0.237 e. The Bertz CT molecular complexity index is 1010. The summed E-state index contributed by atoms with van der Waals surface area (Å²) in [6.07, 6.45) is 0. The molecule has 0 spiro atoms. The van der Waals surface area contributed by atoms with Gasteiger partial charge in [0.1, 0.15) is 5.75 Å². The van der Waals surface area contributed by atoms with Gasteiger partial charge in [-0.15, -0.1) is 10.2 Å². The molecule has 2 aromatic heterocycles. The summed E-state index contributed by atoms with van der Waals surface area (Å²) in [6, 6.07) is 15.7. The van der Waals surface area contributed by atoms with Crippen LogP contribution in [0.1, 0.15) is 6.92 Å². The van der Waals surface area contributed by atoms with Crippen molar-refractivity contribution in [1.29, 1.82) is 0 Å². The molecule has 0 aliphatic carbocycles. The van der Waals surface area contributed by atoms with Gasteiger partial charge in [0, 0.05) is 17.3 Å². The van der Waals surface area contributed by atoms with E-state index in [0.29, 0.717) is 11.6 Å². The molecule has 128 valence electrons. The van der Waals surface area contributed by atoms with Crippen LogP contribution in [0.4, 0.5) is 0 Å². The summed E-state index contributed by atoms with van der Waals surface area (Å²) in [4.78, 5) is 0. The Morgan fingerprint density at radius 3 is 2.56 bits per heavy atom. The van der Waals surface area contributed by atoms with Crippen LogP contribution in [0, 0.1) is 0 Å². The first-order valence-electron chi connectivity index (χ1n) is 8.11. The molecular formula is C18H17ClN4OS. The van der Waals surface area contributed by atoms with Gasteiger partial charge in [0.25, 0.3) is 0 Å². The Morgan fingerprint density at radius 2 is 1.80 bits per heavy atom. The fraction of sp³-hybridized carbons (Fsp3) is 0.222. The van der Waals surface area contributed by atoms with Crippen LogP contribution >= 0.6 is 23.4 Å². The van der Waals surface area contributed by atoms with Crippen molar-refractivity contribution >= 4 is 40.2 Å². The summed E-state index contributed by atoms with van der Waals surface area (Å²) >= 11 is 7.52. The van der Waals surface area contributed by atoms with E-state index in [1.807, 2.05) is 36.4 Å². The van der Waals surface area contributed by atoms with E-state index in [9.17, 15) is 0 Å². The van der Waals surface area contributed by atoms with Gasteiger partial charge < -0.3 is 9.30 Å². The fourth-order valence-electron chi connectivity index (χ4n) is 2.87. The second-order valence-electron chi connectivity index (χ2n) is 5.50. The van der Waals surface area contributed by atoms with Gasteiger partial charge in [-0.05, 0) is 43.3 Å². The van der Waals surface area contributed by atoms with E-state index in [1.54, 1.807) is 11.8 Å². The molecule has 0 fully saturated rings. The topological polar surface area (TPSA) is 44.4 Å². The summed E-state index contributed by atoms with van der Waals surface area (Å²) in [5, 5.41) is 10.3. The quantitative estimate of drug-likeness (QED) is 0.368. The zero-order valence-corrected chi connectivity index (χ0v) is 15.3. The SMILES string of the molecule is CCn1c2ccccc2n2c(SCCOc3ccc(Cl)cc3)nnc12. The van der Waals surface area contributed by atoms with E-state index in [-0.39, 0.29) is 0 Å². The van der Waals surface area contributed by atoms with Crippen molar-refractivity contribution in [2.75, 3.05) is 12.4 Å². The number of nitrogens with zero attached hydrogens (tertiary/aromatic N) is 4. The van der Waals surface area contributed by atoms with Crippen molar-refractivity contribution in [3.05, 3.63) is 53.6 Å². The molecule has 0 saturated carbocycles. The van der Waals surface area contributed by atoms with Crippen LogP contribution in [0.15, 0.2) is 53.7 Å². The minimum absolute atomic E-state index is 0.591. The Balaban J connectivity index is 1.51. The highest BCUT2D eigenvalue weighted by Gasteiger charge is 2.15. The van der Waals surface area contributed by atoms with Gasteiger partial charge in [-0.25, -0.2) is 0 Å². The monoisotopic (exact) mass is 372 g/mol. The molecule has 7 heteroatoms. The number of halogens is 1. The summed E-state index contributed by atoms with van der Waals surface area (Å²) in [7, 11) is 0. The normalized spacial score (nSPS) is 11.4. The predicted molar refractivity (Wildman–Crippen MR) is 102 cm³/mol. The first kappa shape index (κ1) is 16.3. The summed E-state index contributed by atoms with van der Waals surface area (Å²) in [6.45, 7) is 3.57. The van der Waals surface area contributed by atoms with E-state index in [4.69, 9.17) is 16.3 Å². The number of imidazole rings is 1. The summed E-state index contributed by atoms with van der Waals surface area (Å²) in [5.41, 5.74) is 2.31. The minimum Gasteiger partial charge on any atom is -0.493 e. The molecule has 0 bridgehead atoms. The van der Waals surface area contributed by atoms with Crippen molar-refractivity contribution in [3.63, 3.8) is 0 Å². The lowest BCUT2D eigenvalue weighted by atomic mass is 10.3. The number of thioether (sulfide) groups is 1. The highest BCUT2D eigenvalue weighted by atomic mass is 35.5. The summed E-state index contributed by atoms with van der Waals surface area (Å²) < 4.78 is 10.0. The van der Waals surface area contributed by atoms with E-state index < -0.39 is 0 Å². The Hall–Kier alpha value is -2.18. The van der Waals surface area contributed by atoms with Crippen LogP contribution < -0.4 is 4.74 Å². The molecular weight excluding hydrogens is 356 g/mol. The third-order valence-corrected chi connectivity index (χ3v) is 5.13. The molecule has 4 rings (SSSR count). The molecule has 25 heavy (non-hydrogen) atoms. The van der Waals surface area contributed by atoms with Gasteiger partial charge >= 0.3 is 0 Å². The lowest BCUT2D eigenvalue weighted by molar-refractivity contribution is 0.344. The highest BCUT2D eigenvalue weighted by Crippen LogP contribution is 2.25. The zero-order valence-electron chi connectivity index (χ0n) is 13.7. The van der Waals surface area contributed by atoms with Crippen molar-refractivity contribution in [1.82, 2.24) is 19.2 Å². The Labute approximate surface area is 154 Å². The summed E-state index contributed by atoms with van der Waals surface area (Å²) in [5.74, 6) is 2.48. The second kappa shape index (κ2) is 6.98. The molecule has 0 atom stereocenters. The molecule has 0 N–H and O–H groups in total. The van der Waals surface area contributed by atoms with Crippen LogP contribution in [0.3, 0.4) is 0 Å². The molecule has 0 amide bonds. The lowest BCUT2D eigenvalue weighted by Crippen LogP contribution is -2.00. The minimum atomic E-state index is 0.591. The molecule has 2 heterocycles. The van der Waals surface area contributed by atoms with Crippen LogP contribution in [0.5, 0.6) is 5.75 Å². The number of benzene rings is 2. The van der Waals surface area contributed by atoms with E-state index in [0.717, 1.165) is 34.5 Å². The molecule has 0 unspecified atom stereocenters. The second-order valence-corrected chi connectivity index (χ2v) is 7.00. The molecule has 4 aromatic rings. The number of aromatic nitrogens is 4. The van der Waals surface area contributed by atoms with Gasteiger partial charge in [-0.2, -0.15) is 0 Å². The molecule has 2 aromatic carbocycles. The van der Waals surface area contributed by atoms with Crippen LogP contribution in [0.25, 0.3) is 16.8 Å². The number of hydrogen-bond acceptors (Lipinski definition) is 4. The number of rotatable bonds is 6. The Morgan fingerprint density at radius 1 is 1.04 bits per heavy atom. The van der Waals surface area contributed by atoms with Crippen LogP contribution in [0.2, 0.25) is 5.02 Å². The predicted octanol–water partition coefficient (Wildman–Crippen LogP) is 4.53. The van der Waals surface area contributed by atoms with Crippen LogP contribution in [-0.4, -0.2) is 31.5 Å². The van der Waals surface area contributed by atoms with Gasteiger partial charge in [0.15, 0.2) is 5.16 Å². The zero-order chi connectivity index (χ0) is 17.2. The number of hydrogen-bond donors (Lipinski definition) is 0. The largest absolute Gasteiger partial charge is 0.493 e. The fourth-order valence-corrected chi connectivity index (χ4v) is 3.75. The third-order valence-electron chi connectivity index (χ3n) is 3.98. The lowest BCUT2D eigenvalue weighted by Gasteiger charge is -2.05. The van der Waals surface area contributed by atoms with Crippen molar-refractivity contribution in [2.45, 2.75) is 18.6 Å². The van der Waals surface area contributed by atoms with Gasteiger partial charge in [0.2, 0.25) is 5.78 Å². The van der Waals surface area contributed by atoms with Gasteiger partial charge in [-0.3, -0.25) is 4.40 Å². The number of fused-ring (bicyclic) bond motifs is 3. The average Bonchev–Trinajstić information content (AvgIpc) is 3.18. The van der Waals surface area contributed by atoms with Gasteiger partial charge in [0.05, 0.1) is 17.6 Å². The van der Waals surface area contributed by atoms with Gasteiger partial charge in [-0.1, -0.05) is 35.5 Å². The molecule has 0 aliphatic rings. The van der Waals surface area contributed by atoms with E-state index >= 15 is 0 Å². The van der Waals surface area contributed by atoms with Crippen molar-refractivity contribution < 1.29 is 4.74 Å². The molecule has 0 saturated heterocycles. The van der Waals surface area contributed by atoms with Crippen molar-refractivity contribution in [3.8, 4) is 5.75 Å². The third kappa shape index (κ3) is 3.07. The number of aryl methyl sites for hydroxylation is 1. The maximum Gasteiger partial charge on any atom is 0.237 e. The van der Waals surface area contributed by atoms with E-state index in [1.165, 1.54) is 5.52 Å². The first-order chi connectivity index (χ1) is 12.3. The first-order valence-corrected chi connectivity index (χ1v) is 9.48. The number of para-hydroxylation sites is 2. The molecule has 5 nitrogen and oxygen atoms in total. The van der Waals surface area contributed by atoms with E-state index in [2.05, 4.69) is 38.2 Å². The standard InChI is InChI=1S/C18H17ClN4OS/c1-2-22-15-5-3-4-6-16(15)23-17(22)20-21-18(23)25-12-11-24-14-9-7-13(19)8-10-14/h3-10H,2,11-12H2,1H3. The van der Waals surface area contributed by atoms with Crippen molar-refractivity contribution in [2.24, 2.45) is 0 Å². The number of ether oxygens (including phenoxy) is 1.